The Labute approximate surface area is 113 Å². The first-order valence-corrected chi connectivity index (χ1v) is 5.87. The van der Waals surface area contributed by atoms with Gasteiger partial charge in [0.2, 0.25) is 0 Å². The molecule has 0 bridgehead atoms. The molecule has 0 aliphatic heterocycles. The standard InChI is InChI=1S/C10H5ClF3IO2/c11-3-8(17)6-1-5(4-16)2-7(15)9(6)10(12,13)14/h1-2,4H,3H2. The second-order valence-electron chi connectivity index (χ2n) is 3.10. The highest BCUT2D eigenvalue weighted by Crippen LogP contribution is 2.36. The van der Waals surface area contributed by atoms with E-state index in [-0.39, 0.29) is 9.13 Å². The van der Waals surface area contributed by atoms with E-state index in [1.807, 2.05) is 0 Å². The molecule has 0 saturated heterocycles. The first-order chi connectivity index (χ1) is 7.81. The van der Waals surface area contributed by atoms with Crippen LogP contribution in [0.15, 0.2) is 12.1 Å². The number of alkyl halides is 4. The van der Waals surface area contributed by atoms with Gasteiger partial charge in [0.25, 0.3) is 0 Å². The predicted molar refractivity (Wildman–Crippen MR) is 64.6 cm³/mol. The summed E-state index contributed by atoms with van der Waals surface area (Å²) in [5.41, 5.74) is -1.60. The lowest BCUT2D eigenvalue weighted by molar-refractivity contribution is -0.138. The SMILES string of the molecule is O=Cc1cc(I)c(C(F)(F)F)c(C(=O)CCl)c1. The van der Waals surface area contributed by atoms with Gasteiger partial charge in [-0.15, -0.1) is 11.6 Å². The average molecular weight is 376 g/mol. The van der Waals surface area contributed by atoms with Gasteiger partial charge < -0.3 is 0 Å². The van der Waals surface area contributed by atoms with E-state index < -0.39 is 29.0 Å². The number of halogens is 5. The number of ketones is 1. The third-order valence-corrected chi connectivity index (χ3v) is 3.05. The largest absolute Gasteiger partial charge is 0.418 e. The third-order valence-electron chi connectivity index (χ3n) is 1.95. The van der Waals surface area contributed by atoms with Gasteiger partial charge in [0, 0.05) is 14.7 Å². The third kappa shape index (κ3) is 3.19. The average Bonchev–Trinajstić information content (AvgIpc) is 2.24. The molecule has 17 heavy (non-hydrogen) atoms. The van der Waals surface area contributed by atoms with Crippen molar-refractivity contribution in [2.24, 2.45) is 0 Å². The van der Waals surface area contributed by atoms with Gasteiger partial charge in [-0.25, -0.2) is 0 Å². The molecular formula is C10H5ClF3IO2. The minimum Gasteiger partial charge on any atom is -0.298 e. The second kappa shape index (κ2) is 5.34. The van der Waals surface area contributed by atoms with Crippen molar-refractivity contribution in [2.75, 3.05) is 5.88 Å². The van der Waals surface area contributed by atoms with E-state index in [0.717, 1.165) is 12.1 Å². The number of carbonyl (C=O) groups excluding carboxylic acids is 2. The number of hydrogen-bond acceptors (Lipinski definition) is 2. The highest BCUT2D eigenvalue weighted by molar-refractivity contribution is 14.1. The Balaban J connectivity index is 3.56. The maximum absolute atomic E-state index is 12.8. The van der Waals surface area contributed by atoms with Crippen molar-refractivity contribution in [3.8, 4) is 0 Å². The molecule has 1 rings (SSSR count). The fourth-order valence-electron chi connectivity index (χ4n) is 1.28. The molecule has 1 aromatic carbocycles. The highest BCUT2D eigenvalue weighted by Gasteiger charge is 2.37. The number of Topliss-reactive ketones (excluding diaryl/α,β-unsaturated/α-hetero) is 1. The Morgan fingerprint density at radius 1 is 1.41 bits per heavy atom. The molecule has 0 aliphatic rings. The van der Waals surface area contributed by atoms with Crippen LogP contribution in [0.3, 0.4) is 0 Å². The highest BCUT2D eigenvalue weighted by atomic mass is 127. The summed E-state index contributed by atoms with van der Waals surface area (Å²) in [6.45, 7) is 0. The Kier molecular flexibility index (Phi) is 4.54. The van der Waals surface area contributed by atoms with Crippen LogP contribution >= 0.6 is 34.2 Å². The van der Waals surface area contributed by atoms with Crippen molar-refractivity contribution in [3.63, 3.8) is 0 Å². The quantitative estimate of drug-likeness (QED) is 0.350. The van der Waals surface area contributed by atoms with Gasteiger partial charge in [0.1, 0.15) is 6.29 Å². The van der Waals surface area contributed by atoms with Crippen LogP contribution in [-0.2, 0) is 6.18 Å². The summed E-state index contributed by atoms with van der Waals surface area (Å²) in [4.78, 5) is 21.9. The summed E-state index contributed by atoms with van der Waals surface area (Å²) in [6, 6.07) is 1.98. The first kappa shape index (κ1) is 14.4. The van der Waals surface area contributed by atoms with E-state index >= 15 is 0 Å². The molecule has 0 unspecified atom stereocenters. The number of benzene rings is 1. The minimum atomic E-state index is -4.66. The summed E-state index contributed by atoms with van der Waals surface area (Å²) >= 11 is 6.68. The van der Waals surface area contributed by atoms with Gasteiger partial charge in [0.05, 0.1) is 11.4 Å². The lowest BCUT2D eigenvalue weighted by Gasteiger charge is -2.14. The van der Waals surface area contributed by atoms with Crippen LogP contribution in [0, 0.1) is 3.57 Å². The van der Waals surface area contributed by atoms with E-state index in [2.05, 4.69) is 0 Å². The predicted octanol–water partition coefficient (Wildman–Crippen LogP) is 3.54. The molecule has 0 aromatic heterocycles. The molecular weight excluding hydrogens is 371 g/mol. The Bertz CT molecular complexity index is 471. The zero-order valence-corrected chi connectivity index (χ0v) is 11.1. The van der Waals surface area contributed by atoms with Gasteiger partial charge in [-0.1, -0.05) is 0 Å². The minimum absolute atomic E-state index is 0.0101. The van der Waals surface area contributed by atoms with E-state index in [1.165, 1.54) is 22.6 Å². The molecule has 0 aliphatic carbocycles. The number of rotatable bonds is 3. The molecule has 0 fully saturated rings. The van der Waals surface area contributed by atoms with Gasteiger partial charge >= 0.3 is 6.18 Å². The molecule has 0 N–H and O–H groups in total. The molecule has 0 saturated carbocycles. The number of aldehydes is 1. The Hall–Kier alpha value is -0.630. The van der Waals surface area contributed by atoms with Crippen molar-refractivity contribution in [2.45, 2.75) is 6.18 Å². The molecule has 0 atom stereocenters. The van der Waals surface area contributed by atoms with Crippen LogP contribution in [-0.4, -0.2) is 17.9 Å². The molecule has 7 heteroatoms. The Morgan fingerprint density at radius 2 is 2.00 bits per heavy atom. The zero-order chi connectivity index (χ0) is 13.2. The summed E-state index contributed by atoms with van der Waals surface area (Å²) in [5.74, 6) is -1.43. The van der Waals surface area contributed by atoms with E-state index in [9.17, 15) is 22.8 Å². The number of carbonyl (C=O) groups is 2. The molecule has 92 valence electrons. The van der Waals surface area contributed by atoms with Crippen LogP contribution in [0.5, 0.6) is 0 Å². The van der Waals surface area contributed by atoms with Crippen molar-refractivity contribution in [1.82, 2.24) is 0 Å². The molecule has 0 amide bonds. The lowest BCUT2D eigenvalue weighted by atomic mass is 10.0. The van der Waals surface area contributed by atoms with Gasteiger partial charge in [-0.2, -0.15) is 13.2 Å². The van der Waals surface area contributed by atoms with E-state index in [1.54, 1.807) is 0 Å². The molecule has 1 aromatic rings. The van der Waals surface area contributed by atoms with Crippen LogP contribution in [0.25, 0.3) is 0 Å². The monoisotopic (exact) mass is 376 g/mol. The van der Waals surface area contributed by atoms with E-state index in [4.69, 9.17) is 11.6 Å². The topological polar surface area (TPSA) is 34.1 Å². The van der Waals surface area contributed by atoms with Crippen LogP contribution in [0.4, 0.5) is 13.2 Å². The Morgan fingerprint density at radius 3 is 2.41 bits per heavy atom. The van der Waals surface area contributed by atoms with Crippen molar-refractivity contribution >= 4 is 46.3 Å². The normalized spacial score (nSPS) is 11.4. The van der Waals surface area contributed by atoms with E-state index in [0.29, 0.717) is 6.29 Å². The van der Waals surface area contributed by atoms with Crippen LogP contribution in [0.2, 0.25) is 0 Å². The second-order valence-corrected chi connectivity index (χ2v) is 4.53. The fourth-order valence-corrected chi connectivity index (χ4v) is 2.38. The summed E-state index contributed by atoms with van der Waals surface area (Å²) in [5, 5.41) is 0. The maximum atomic E-state index is 12.8. The molecule has 0 spiro atoms. The lowest BCUT2D eigenvalue weighted by Crippen LogP contribution is -2.16. The van der Waals surface area contributed by atoms with Crippen molar-refractivity contribution < 1.29 is 22.8 Å². The van der Waals surface area contributed by atoms with Crippen molar-refractivity contribution in [3.05, 3.63) is 32.4 Å². The fraction of sp³-hybridized carbons (Fsp3) is 0.200. The summed E-state index contributed by atoms with van der Waals surface area (Å²) < 4.78 is 38.1. The summed E-state index contributed by atoms with van der Waals surface area (Å²) in [6.07, 6.45) is -4.28. The van der Waals surface area contributed by atoms with Gasteiger partial charge in [-0.3, -0.25) is 9.59 Å². The zero-order valence-electron chi connectivity index (χ0n) is 8.15. The van der Waals surface area contributed by atoms with Gasteiger partial charge in [-0.05, 0) is 34.7 Å². The molecule has 0 radical (unpaired) electrons. The number of hydrogen-bond donors (Lipinski definition) is 0. The smallest absolute Gasteiger partial charge is 0.298 e. The first-order valence-electron chi connectivity index (χ1n) is 4.26. The molecule has 0 heterocycles. The molecule has 2 nitrogen and oxygen atoms in total. The van der Waals surface area contributed by atoms with Crippen LogP contribution in [0.1, 0.15) is 26.3 Å². The van der Waals surface area contributed by atoms with Crippen LogP contribution < -0.4 is 0 Å². The maximum Gasteiger partial charge on any atom is 0.418 e. The van der Waals surface area contributed by atoms with Crippen molar-refractivity contribution in [1.29, 1.82) is 0 Å². The van der Waals surface area contributed by atoms with Gasteiger partial charge in [0.15, 0.2) is 5.78 Å². The summed E-state index contributed by atoms with van der Waals surface area (Å²) in [7, 11) is 0.